The Morgan fingerprint density at radius 3 is 2.48 bits per heavy atom. The fourth-order valence-electron chi connectivity index (χ4n) is 2.42. The Balaban J connectivity index is 1.75. The van der Waals surface area contributed by atoms with Gasteiger partial charge in [-0.3, -0.25) is 0 Å². The molecule has 0 saturated carbocycles. The van der Waals surface area contributed by atoms with E-state index in [4.69, 9.17) is 5.11 Å². The molecule has 0 aliphatic rings. The highest BCUT2D eigenvalue weighted by Crippen LogP contribution is 2.24. The first-order valence-electron chi connectivity index (χ1n) is 7.03. The summed E-state index contributed by atoms with van der Waals surface area (Å²) in [6.07, 6.45) is 3.86. The van der Waals surface area contributed by atoms with E-state index in [1.54, 1.807) is 12.1 Å². The fraction of sp³-hybridized carbons (Fsp3) is 0.0588. The molecule has 0 atom stereocenters. The summed E-state index contributed by atoms with van der Waals surface area (Å²) in [4.78, 5) is 8.93. The summed E-state index contributed by atoms with van der Waals surface area (Å²) in [5.74, 6) is -0.261. The van der Waals surface area contributed by atoms with Crippen LogP contribution in [0.5, 0.6) is 0 Å². The lowest BCUT2D eigenvalue weighted by atomic mass is 10.2. The van der Waals surface area contributed by atoms with Crippen LogP contribution in [-0.2, 0) is 6.61 Å². The molecule has 0 saturated heterocycles. The van der Waals surface area contributed by atoms with Crippen LogP contribution in [0.1, 0.15) is 5.01 Å². The molecule has 0 radical (unpaired) electrons. The summed E-state index contributed by atoms with van der Waals surface area (Å²) >= 11 is 1.43. The number of fused-ring (bicyclic) bond motifs is 1. The molecule has 0 unspecified atom stereocenters. The molecule has 4 aromatic rings. The first-order chi connectivity index (χ1) is 11.2. The Kier molecular flexibility index (Phi) is 3.40. The van der Waals surface area contributed by atoms with E-state index in [0.29, 0.717) is 5.01 Å². The summed E-state index contributed by atoms with van der Waals surface area (Å²) < 4.78 is 15.0. The van der Waals surface area contributed by atoms with Crippen LogP contribution >= 0.6 is 11.3 Å². The van der Waals surface area contributed by atoms with E-state index in [1.165, 1.54) is 23.5 Å². The molecule has 1 N–H and O–H groups in total. The van der Waals surface area contributed by atoms with E-state index in [2.05, 4.69) is 9.97 Å². The minimum atomic E-state index is -0.261. The summed E-state index contributed by atoms with van der Waals surface area (Å²) in [5, 5.41) is 11.7. The molecule has 4 rings (SSSR count). The van der Waals surface area contributed by atoms with E-state index in [0.717, 1.165) is 28.2 Å². The molecule has 0 aliphatic carbocycles. The summed E-state index contributed by atoms with van der Waals surface area (Å²) in [7, 11) is 0. The molecule has 0 fully saturated rings. The lowest BCUT2D eigenvalue weighted by Crippen LogP contribution is -1.86. The minimum absolute atomic E-state index is 0.0489. The number of benzene rings is 1. The third-order valence-electron chi connectivity index (χ3n) is 3.57. The van der Waals surface area contributed by atoms with Crippen molar-refractivity contribution in [2.45, 2.75) is 6.61 Å². The highest BCUT2D eigenvalue weighted by molar-refractivity contribution is 7.09. The van der Waals surface area contributed by atoms with E-state index in [-0.39, 0.29) is 12.4 Å². The molecule has 0 amide bonds. The van der Waals surface area contributed by atoms with Crippen molar-refractivity contribution in [3.63, 3.8) is 0 Å². The highest BCUT2D eigenvalue weighted by Gasteiger charge is 2.08. The molecule has 3 heterocycles. The van der Waals surface area contributed by atoms with Gasteiger partial charge >= 0.3 is 0 Å². The van der Waals surface area contributed by atoms with Crippen LogP contribution in [0.3, 0.4) is 0 Å². The third kappa shape index (κ3) is 2.62. The molecule has 0 spiro atoms. The zero-order valence-corrected chi connectivity index (χ0v) is 12.8. The van der Waals surface area contributed by atoms with E-state index < -0.39 is 0 Å². The fourth-order valence-corrected chi connectivity index (χ4v) is 3.08. The Bertz CT molecular complexity index is 975. The highest BCUT2D eigenvalue weighted by atomic mass is 32.1. The van der Waals surface area contributed by atoms with Crippen LogP contribution in [0.4, 0.5) is 4.39 Å². The van der Waals surface area contributed by atoms with Crippen molar-refractivity contribution in [3.8, 4) is 22.5 Å². The number of rotatable bonds is 3. The number of hydrogen-bond acceptors (Lipinski definition) is 4. The van der Waals surface area contributed by atoms with Gasteiger partial charge in [-0.2, -0.15) is 0 Å². The Hall–Kier alpha value is -2.57. The summed E-state index contributed by atoms with van der Waals surface area (Å²) in [5.41, 5.74) is 4.25. The maximum absolute atomic E-state index is 13.0. The zero-order chi connectivity index (χ0) is 15.8. The van der Waals surface area contributed by atoms with Gasteiger partial charge in [-0.1, -0.05) is 0 Å². The van der Waals surface area contributed by atoms with Gasteiger partial charge in [0.25, 0.3) is 0 Å². The van der Waals surface area contributed by atoms with Crippen LogP contribution in [-0.4, -0.2) is 19.5 Å². The summed E-state index contributed by atoms with van der Waals surface area (Å²) in [6, 6.07) is 10.2. The molecular weight excluding hydrogens is 313 g/mol. The van der Waals surface area contributed by atoms with Crippen molar-refractivity contribution in [3.05, 3.63) is 65.0 Å². The SMILES string of the molecule is OCc1nc(-c2ccc3nc(-c4ccc(F)cc4)cn3c2)cs1. The van der Waals surface area contributed by atoms with Gasteiger partial charge in [-0.15, -0.1) is 11.3 Å². The van der Waals surface area contributed by atoms with Gasteiger partial charge in [0.2, 0.25) is 0 Å². The van der Waals surface area contributed by atoms with E-state index >= 15 is 0 Å². The van der Waals surface area contributed by atoms with Gasteiger partial charge in [-0.05, 0) is 36.4 Å². The van der Waals surface area contributed by atoms with Crippen molar-refractivity contribution in [1.82, 2.24) is 14.4 Å². The number of halogens is 1. The van der Waals surface area contributed by atoms with Crippen LogP contribution in [0, 0.1) is 5.82 Å². The monoisotopic (exact) mass is 325 g/mol. The molecule has 0 bridgehead atoms. The van der Waals surface area contributed by atoms with Crippen LogP contribution in [0.15, 0.2) is 54.2 Å². The Morgan fingerprint density at radius 2 is 1.74 bits per heavy atom. The topological polar surface area (TPSA) is 50.4 Å². The lowest BCUT2D eigenvalue weighted by Gasteiger charge is -1.98. The van der Waals surface area contributed by atoms with Crippen LogP contribution < -0.4 is 0 Å². The molecule has 114 valence electrons. The second kappa shape index (κ2) is 5.57. The van der Waals surface area contributed by atoms with E-state index in [1.807, 2.05) is 34.3 Å². The van der Waals surface area contributed by atoms with Gasteiger partial charge in [0.05, 0.1) is 18.0 Å². The number of aromatic nitrogens is 3. The second-order valence-corrected chi connectivity index (χ2v) is 6.04. The van der Waals surface area contributed by atoms with E-state index in [9.17, 15) is 4.39 Å². The van der Waals surface area contributed by atoms with Gasteiger partial charge in [-0.25, -0.2) is 14.4 Å². The molecule has 4 nitrogen and oxygen atoms in total. The predicted octanol–water partition coefficient (Wildman–Crippen LogP) is 3.76. The Labute approximate surface area is 135 Å². The molecule has 1 aromatic carbocycles. The largest absolute Gasteiger partial charge is 0.389 e. The van der Waals surface area contributed by atoms with Gasteiger partial charge in [0.15, 0.2) is 0 Å². The standard InChI is InChI=1S/C17H12FN3OS/c18-13-4-1-11(2-5-13)14-8-21-7-12(3-6-16(21)19-14)15-10-23-17(9-22)20-15/h1-8,10,22H,9H2. The number of pyridine rings is 1. The summed E-state index contributed by atoms with van der Waals surface area (Å²) in [6.45, 7) is -0.0489. The van der Waals surface area contributed by atoms with Crippen molar-refractivity contribution in [2.24, 2.45) is 0 Å². The third-order valence-corrected chi connectivity index (χ3v) is 4.41. The maximum Gasteiger partial charge on any atom is 0.137 e. The van der Waals surface area contributed by atoms with Gasteiger partial charge < -0.3 is 9.51 Å². The number of aliphatic hydroxyl groups excluding tert-OH is 1. The number of hydrogen-bond donors (Lipinski definition) is 1. The zero-order valence-electron chi connectivity index (χ0n) is 12.0. The lowest BCUT2D eigenvalue weighted by molar-refractivity contribution is 0.281. The van der Waals surface area contributed by atoms with Crippen LogP contribution in [0.25, 0.3) is 28.2 Å². The number of nitrogens with zero attached hydrogens (tertiary/aromatic N) is 3. The molecular formula is C17H12FN3OS. The van der Waals surface area contributed by atoms with Crippen LogP contribution in [0.2, 0.25) is 0 Å². The first-order valence-corrected chi connectivity index (χ1v) is 7.91. The van der Waals surface area contributed by atoms with Crippen molar-refractivity contribution in [2.75, 3.05) is 0 Å². The Morgan fingerprint density at radius 1 is 0.957 bits per heavy atom. The average molecular weight is 325 g/mol. The van der Waals surface area contributed by atoms with Crippen molar-refractivity contribution in [1.29, 1.82) is 0 Å². The van der Waals surface area contributed by atoms with Gasteiger partial charge in [0, 0.05) is 28.9 Å². The smallest absolute Gasteiger partial charge is 0.137 e. The normalized spacial score (nSPS) is 11.2. The molecule has 0 aliphatic heterocycles. The van der Waals surface area contributed by atoms with Crippen molar-refractivity contribution < 1.29 is 9.50 Å². The number of aliphatic hydroxyl groups is 1. The quantitative estimate of drug-likeness (QED) is 0.624. The maximum atomic E-state index is 13.0. The number of thiazole rings is 1. The second-order valence-electron chi connectivity index (χ2n) is 5.10. The predicted molar refractivity (Wildman–Crippen MR) is 87.6 cm³/mol. The molecule has 3 aromatic heterocycles. The van der Waals surface area contributed by atoms with Gasteiger partial charge in [0.1, 0.15) is 16.5 Å². The average Bonchev–Trinajstić information content (AvgIpc) is 3.21. The number of imidazole rings is 1. The molecule has 23 heavy (non-hydrogen) atoms. The van der Waals surface area contributed by atoms with Crippen molar-refractivity contribution >= 4 is 17.0 Å². The minimum Gasteiger partial charge on any atom is -0.389 e. The molecule has 6 heteroatoms. The first kappa shape index (κ1) is 14.0.